The van der Waals surface area contributed by atoms with E-state index in [1.807, 2.05) is 30.3 Å². The maximum absolute atomic E-state index is 14.2. The zero-order chi connectivity index (χ0) is 24.8. The first-order chi connectivity index (χ1) is 17.0. The smallest absolute Gasteiger partial charge is 0.248 e. The van der Waals surface area contributed by atoms with Crippen LogP contribution in [0.4, 0.5) is 4.39 Å². The summed E-state index contributed by atoms with van der Waals surface area (Å²) in [4.78, 5) is 28.7. The second-order valence-corrected chi connectivity index (χ2v) is 9.20. The summed E-state index contributed by atoms with van der Waals surface area (Å²) < 4.78 is 14.2. The van der Waals surface area contributed by atoms with Crippen LogP contribution in [0.3, 0.4) is 0 Å². The van der Waals surface area contributed by atoms with E-state index in [1.54, 1.807) is 18.2 Å². The van der Waals surface area contributed by atoms with Gasteiger partial charge in [0.15, 0.2) is 0 Å². The molecule has 1 heterocycles. The van der Waals surface area contributed by atoms with Crippen molar-refractivity contribution < 1.29 is 9.18 Å². The number of hydrogen-bond donors (Lipinski definition) is 3. The van der Waals surface area contributed by atoms with Crippen LogP contribution >= 0.6 is 0 Å². The lowest BCUT2D eigenvalue weighted by molar-refractivity contribution is -0.127. The minimum atomic E-state index is -0.644. The highest BCUT2D eigenvalue weighted by molar-refractivity contribution is 5.79. The van der Waals surface area contributed by atoms with Gasteiger partial charge in [0.25, 0.3) is 0 Å². The summed E-state index contributed by atoms with van der Waals surface area (Å²) >= 11 is 0. The normalized spacial score (nSPS) is 18.4. The lowest BCUT2D eigenvalue weighted by Gasteiger charge is -2.29. The number of nitrogens with two attached hydrogens (primary N) is 1. The van der Waals surface area contributed by atoms with Gasteiger partial charge in [-0.2, -0.15) is 5.26 Å². The Balaban J connectivity index is 1.64. The van der Waals surface area contributed by atoms with Crippen LogP contribution in [0.1, 0.15) is 48.5 Å². The summed E-state index contributed by atoms with van der Waals surface area (Å²) in [6.45, 7) is 0.648. The van der Waals surface area contributed by atoms with E-state index < -0.39 is 11.9 Å². The monoisotopic (exact) mass is 472 g/mol. The van der Waals surface area contributed by atoms with Gasteiger partial charge in [-0.3, -0.25) is 9.59 Å². The quantitative estimate of drug-likeness (QED) is 0.478. The van der Waals surface area contributed by atoms with Gasteiger partial charge in [-0.15, -0.1) is 0 Å². The zero-order valence-corrected chi connectivity index (χ0v) is 19.5. The third-order valence-corrected chi connectivity index (χ3v) is 6.81. The summed E-state index contributed by atoms with van der Waals surface area (Å²) in [5, 5.41) is 12.2. The fraction of sp³-hybridized carbons (Fsp3) is 0.321. The highest BCUT2D eigenvalue weighted by Crippen LogP contribution is 2.30. The summed E-state index contributed by atoms with van der Waals surface area (Å²) in [5.41, 5.74) is 7.95. The van der Waals surface area contributed by atoms with Gasteiger partial charge < -0.3 is 16.0 Å². The van der Waals surface area contributed by atoms with Crippen LogP contribution in [-0.4, -0.2) is 17.4 Å². The molecule has 0 saturated heterocycles. The Hall–Kier alpha value is -3.76. The molecule has 1 unspecified atom stereocenters. The fourth-order valence-corrected chi connectivity index (χ4v) is 4.74. The molecular formula is C28H29FN4O2. The van der Waals surface area contributed by atoms with Crippen molar-refractivity contribution in [1.82, 2.24) is 10.3 Å². The van der Waals surface area contributed by atoms with E-state index in [1.165, 1.54) is 18.2 Å². The SMILES string of the molecule is N#Cc1ccc(-c2cc(C(Cc3ccccc3)NC(=O)C3CCC(CN)CC3)[nH]c(=O)c2)cc1F. The molecule has 1 aromatic heterocycles. The van der Waals surface area contributed by atoms with Crippen molar-refractivity contribution in [2.75, 3.05) is 6.54 Å². The molecule has 7 heteroatoms. The average molecular weight is 473 g/mol. The second kappa shape index (κ2) is 11.1. The van der Waals surface area contributed by atoms with Gasteiger partial charge in [0.1, 0.15) is 11.9 Å². The molecule has 0 aliphatic heterocycles. The number of halogens is 1. The Labute approximate surface area is 204 Å². The minimum absolute atomic E-state index is 0.0305. The Morgan fingerprint density at radius 2 is 1.83 bits per heavy atom. The molecule has 1 fully saturated rings. The van der Waals surface area contributed by atoms with Gasteiger partial charge in [-0.1, -0.05) is 36.4 Å². The molecule has 180 valence electrons. The number of pyridine rings is 1. The summed E-state index contributed by atoms with van der Waals surface area (Å²) in [6, 6.07) is 18.5. The largest absolute Gasteiger partial charge is 0.347 e. The topological polar surface area (TPSA) is 112 Å². The summed E-state index contributed by atoms with van der Waals surface area (Å²) in [5.74, 6) is -0.287. The first kappa shape index (κ1) is 24.4. The number of carbonyl (C=O) groups is 1. The third-order valence-electron chi connectivity index (χ3n) is 6.81. The van der Waals surface area contributed by atoms with E-state index in [2.05, 4.69) is 10.3 Å². The molecule has 4 N–H and O–H groups in total. The van der Waals surface area contributed by atoms with Gasteiger partial charge in [-0.05, 0) is 79.5 Å². The first-order valence-corrected chi connectivity index (χ1v) is 12.0. The maximum Gasteiger partial charge on any atom is 0.248 e. The number of carbonyl (C=O) groups excluding carboxylic acids is 1. The number of nitrogens with zero attached hydrogens (tertiary/aromatic N) is 1. The average Bonchev–Trinajstić information content (AvgIpc) is 2.88. The predicted octanol–water partition coefficient (Wildman–Crippen LogP) is 4.22. The number of rotatable bonds is 7. The fourth-order valence-electron chi connectivity index (χ4n) is 4.74. The maximum atomic E-state index is 14.2. The molecule has 6 nitrogen and oxygen atoms in total. The number of aromatic nitrogens is 1. The molecule has 1 aliphatic carbocycles. The number of nitrogens with one attached hydrogen (secondary N) is 2. The van der Waals surface area contributed by atoms with E-state index >= 15 is 0 Å². The van der Waals surface area contributed by atoms with Crippen molar-refractivity contribution in [1.29, 1.82) is 5.26 Å². The van der Waals surface area contributed by atoms with E-state index in [9.17, 15) is 14.0 Å². The van der Waals surface area contributed by atoms with Crippen molar-refractivity contribution in [3.63, 3.8) is 0 Å². The first-order valence-electron chi connectivity index (χ1n) is 12.0. The van der Waals surface area contributed by atoms with Crippen LogP contribution in [0, 0.1) is 29.0 Å². The van der Waals surface area contributed by atoms with Gasteiger partial charge >= 0.3 is 0 Å². The number of hydrogen-bond acceptors (Lipinski definition) is 4. The minimum Gasteiger partial charge on any atom is -0.347 e. The van der Waals surface area contributed by atoms with Crippen molar-refractivity contribution in [3.8, 4) is 17.2 Å². The molecule has 0 radical (unpaired) electrons. The van der Waals surface area contributed by atoms with Gasteiger partial charge in [0.05, 0.1) is 11.6 Å². The number of amides is 1. The Morgan fingerprint density at radius 1 is 1.09 bits per heavy atom. The summed E-state index contributed by atoms with van der Waals surface area (Å²) in [7, 11) is 0. The molecule has 0 spiro atoms. The van der Waals surface area contributed by atoms with Crippen LogP contribution in [0.5, 0.6) is 0 Å². The van der Waals surface area contributed by atoms with Crippen LogP contribution in [0.25, 0.3) is 11.1 Å². The molecule has 35 heavy (non-hydrogen) atoms. The van der Waals surface area contributed by atoms with Crippen LogP contribution in [-0.2, 0) is 11.2 Å². The molecule has 0 bridgehead atoms. The Bertz CT molecular complexity index is 1270. The second-order valence-electron chi connectivity index (χ2n) is 9.20. The lowest BCUT2D eigenvalue weighted by Crippen LogP contribution is -2.38. The highest BCUT2D eigenvalue weighted by Gasteiger charge is 2.28. The summed E-state index contributed by atoms with van der Waals surface area (Å²) in [6.07, 6.45) is 3.97. The molecule has 2 aromatic carbocycles. The standard InChI is InChI=1S/C28H29FN4O2/c29-24-13-21(10-11-22(24)17-31)23-14-26(32-27(34)15-23)25(12-18-4-2-1-3-5-18)33-28(35)20-8-6-19(16-30)7-9-20/h1-5,10-11,13-15,19-20,25H,6-9,12,16,30H2,(H,32,34)(H,33,35). The van der Waals surface area contributed by atoms with Crippen molar-refractivity contribution in [3.05, 3.63) is 93.7 Å². The number of H-pyrrole nitrogens is 1. The van der Waals surface area contributed by atoms with Crippen molar-refractivity contribution in [2.45, 2.75) is 38.1 Å². The Kier molecular flexibility index (Phi) is 7.74. The van der Waals surface area contributed by atoms with Gasteiger partial charge in [0.2, 0.25) is 11.5 Å². The van der Waals surface area contributed by atoms with Gasteiger partial charge in [-0.25, -0.2) is 4.39 Å². The molecule has 1 saturated carbocycles. The number of aromatic amines is 1. The van der Waals surface area contributed by atoms with E-state index in [0.29, 0.717) is 35.7 Å². The predicted molar refractivity (Wildman–Crippen MR) is 133 cm³/mol. The zero-order valence-electron chi connectivity index (χ0n) is 19.5. The van der Waals surface area contributed by atoms with Crippen molar-refractivity contribution >= 4 is 5.91 Å². The third kappa shape index (κ3) is 6.03. The van der Waals surface area contributed by atoms with E-state index in [-0.39, 0.29) is 22.9 Å². The highest BCUT2D eigenvalue weighted by atomic mass is 19.1. The van der Waals surface area contributed by atoms with E-state index in [4.69, 9.17) is 11.0 Å². The van der Waals surface area contributed by atoms with Crippen molar-refractivity contribution in [2.24, 2.45) is 17.6 Å². The number of benzene rings is 2. The Morgan fingerprint density at radius 3 is 2.49 bits per heavy atom. The van der Waals surface area contributed by atoms with Crippen LogP contribution in [0.15, 0.2) is 65.5 Å². The molecule has 1 aliphatic rings. The molecular weight excluding hydrogens is 443 g/mol. The van der Waals surface area contributed by atoms with Crippen LogP contribution in [0.2, 0.25) is 0 Å². The van der Waals surface area contributed by atoms with Gasteiger partial charge in [0, 0.05) is 17.7 Å². The molecule has 3 aromatic rings. The molecule has 1 atom stereocenters. The molecule has 1 amide bonds. The van der Waals surface area contributed by atoms with E-state index in [0.717, 1.165) is 31.2 Å². The molecule has 4 rings (SSSR count). The van der Waals surface area contributed by atoms with Crippen LogP contribution < -0.4 is 16.6 Å². The number of nitriles is 1. The lowest BCUT2D eigenvalue weighted by atomic mass is 9.81.